The summed E-state index contributed by atoms with van der Waals surface area (Å²) in [5.74, 6) is 6.96. The third-order valence-corrected chi connectivity index (χ3v) is 6.46. The number of nitrogens with zero attached hydrogens (tertiary/aromatic N) is 3. The molecule has 2 aromatic carbocycles. The van der Waals surface area contributed by atoms with Gasteiger partial charge in [0.2, 0.25) is 6.41 Å². The number of imide groups is 1. The van der Waals surface area contributed by atoms with Gasteiger partial charge in [0.25, 0.3) is 5.91 Å². The minimum absolute atomic E-state index is 0.140. The molecule has 10 heteroatoms. The minimum Gasteiger partial charge on any atom is -0.497 e. The molecule has 1 atom stereocenters. The summed E-state index contributed by atoms with van der Waals surface area (Å²) in [7, 11) is 3.62. The first-order valence-electron chi connectivity index (χ1n) is 12.0. The van der Waals surface area contributed by atoms with E-state index < -0.39 is 12.1 Å². The van der Waals surface area contributed by atoms with Crippen LogP contribution >= 0.6 is 0 Å². The van der Waals surface area contributed by atoms with E-state index in [1.807, 2.05) is 35.6 Å². The number of methoxy groups -OCH3 is 1. The molecule has 0 spiro atoms. The molecular weight excluding hydrogens is 472 g/mol. The Morgan fingerprint density at radius 2 is 1.89 bits per heavy atom. The molecule has 4 rings (SSSR count). The smallest absolute Gasteiger partial charge is 0.322 e. The number of benzene rings is 2. The molecule has 0 aromatic heterocycles. The molecule has 1 fully saturated rings. The lowest BCUT2D eigenvalue weighted by atomic mass is 10.1. The first-order valence-corrected chi connectivity index (χ1v) is 12.0. The number of ether oxygens (including phenoxy) is 1. The average molecular weight is 503 g/mol. The molecule has 3 N–H and O–H groups in total. The molecular formula is C27H30N6O4. The standard InChI is InChI=1S/C27H30N6O4/c1-31-11-13-32(14-12-31)25(28)20-6-3-19(4-7-20)5-9-22(30-27(36)29-18-34)17-33-16-21-8-10-23(37-2)15-24(21)26(33)35/h3-4,6-8,10,15,18,22,28H,11-14,16-17H2,1-2H3,(H2,29,30,34,36)/t22-/m1/s1. The van der Waals surface area contributed by atoms with Gasteiger partial charge >= 0.3 is 6.03 Å². The van der Waals surface area contributed by atoms with Crippen LogP contribution in [0.4, 0.5) is 4.79 Å². The Hall–Kier alpha value is -4.36. The number of rotatable bonds is 6. The lowest BCUT2D eigenvalue weighted by molar-refractivity contribution is -0.108. The normalized spacial score (nSPS) is 15.8. The van der Waals surface area contributed by atoms with Crippen LogP contribution in [-0.2, 0) is 11.3 Å². The first-order chi connectivity index (χ1) is 17.9. The number of carbonyl (C=O) groups excluding carboxylic acids is 3. The van der Waals surface area contributed by atoms with Crippen LogP contribution in [0.3, 0.4) is 0 Å². The minimum atomic E-state index is -0.719. The van der Waals surface area contributed by atoms with Crippen molar-refractivity contribution >= 4 is 24.2 Å². The summed E-state index contributed by atoms with van der Waals surface area (Å²) < 4.78 is 5.22. The number of carbonyl (C=O) groups is 3. The van der Waals surface area contributed by atoms with E-state index >= 15 is 0 Å². The monoisotopic (exact) mass is 502 g/mol. The Morgan fingerprint density at radius 3 is 2.57 bits per heavy atom. The Morgan fingerprint density at radius 1 is 1.16 bits per heavy atom. The highest BCUT2D eigenvalue weighted by Gasteiger charge is 2.29. The summed E-state index contributed by atoms with van der Waals surface area (Å²) in [5, 5.41) is 13.2. The summed E-state index contributed by atoms with van der Waals surface area (Å²) in [6, 6.07) is 11.3. The second kappa shape index (κ2) is 11.6. The highest BCUT2D eigenvalue weighted by Crippen LogP contribution is 2.26. The molecule has 0 saturated carbocycles. The van der Waals surface area contributed by atoms with Crippen LogP contribution in [0.25, 0.3) is 0 Å². The Bertz CT molecular complexity index is 1240. The van der Waals surface area contributed by atoms with E-state index in [9.17, 15) is 14.4 Å². The van der Waals surface area contributed by atoms with Crippen molar-refractivity contribution in [3.05, 3.63) is 64.7 Å². The average Bonchev–Trinajstić information content (AvgIpc) is 3.21. The maximum absolute atomic E-state index is 12.9. The van der Waals surface area contributed by atoms with E-state index in [2.05, 4.69) is 34.0 Å². The van der Waals surface area contributed by atoms with Gasteiger partial charge in [-0.15, -0.1) is 0 Å². The summed E-state index contributed by atoms with van der Waals surface area (Å²) >= 11 is 0. The molecule has 2 aliphatic rings. The number of piperazine rings is 1. The van der Waals surface area contributed by atoms with Crippen LogP contribution in [-0.4, -0.2) is 91.8 Å². The van der Waals surface area contributed by atoms with Crippen molar-refractivity contribution in [2.24, 2.45) is 0 Å². The largest absolute Gasteiger partial charge is 0.497 e. The van der Waals surface area contributed by atoms with Gasteiger partial charge in [-0.1, -0.05) is 30.0 Å². The third kappa shape index (κ3) is 6.26. The number of nitrogens with one attached hydrogen (secondary N) is 3. The SMILES string of the molecule is COc1ccc2c(c1)C(=O)N(C[C@@H](C#Cc1ccc(C(=N)N3CCN(C)CC3)cc1)NC(=O)NC=O)C2. The first kappa shape index (κ1) is 25.7. The molecule has 1 saturated heterocycles. The highest BCUT2D eigenvalue weighted by molar-refractivity contribution is 5.99. The third-order valence-electron chi connectivity index (χ3n) is 6.46. The summed E-state index contributed by atoms with van der Waals surface area (Å²) in [6.07, 6.45) is 0.289. The highest BCUT2D eigenvalue weighted by atomic mass is 16.5. The van der Waals surface area contributed by atoms with Gasteiger partial charge in [-0.05, 0) is 36.9 Å². The van der Waals surface area contributed by atoms with Gasteiger partial charge in [-0.2, -0.15) is 0 Å². The molecule has 4 amide bonds. The zero-order chi connectivity index (χ0) is 26.4. The molecule has 2 heterocycles. The Kier molecular flexibility index (Phi) is 8.05. The van der Waals surface area contributed by atoms with Crippen LogP contribution < -0.4 is 15.4 Å². The topological polar surface area (TPSA) is 118 Å². The van der Waals surface area contributed by atoms with Crippen LogP contribution in [0.15, 0.2) is 42.5 Å². The van der Waals surface area contributed by atoms with Gasteiger partial charge in [0.05, 0.1) is 13.7 Å². The Balaban J connectivity index is 1.46. The number of hydrogen-bond donors (Lipinski definition) is 3. The molecule has 2 aliphatic heterocycles. The van der Waals surface area contributed by atoms with Crippen molar-refractivity contribution < 1.29 is 19.1 Å². The van der Waals surface area contributed by atoms with E-state index in [1.165, 1.54) is 0 Å². The fourth-order valence-electron chi connectivity index (χ4n) is 4.31. The summed E-state index contributed by atoms with van der Waals surface area (Å²) in [5.41, 5.74) is 2.94. The number of fused-ring (bicyclic) bond motifs is 1. The van der Waals surface area contributed by atoms with E-state index in [1.54, 1.807) is 24.1 Å². The van der Waals surface area contributed by atoms with Gasteiger partial charge in [0.15, 0.2) is 0 Å². The lowest BCUT2D eigenvalue weighted by Crippen LogP contribution is -2.47. The molecule has 0 radical (unpaired) electrons. The quantitative estimate of drug-likeness (QED) is 0.236. The predicted octanol–water partition coefficient (Wildman–Crippen LogP) is 1.10. The van der Waals surface area contributed by atoms with Crippen LogP contribution in [0.1, 0.15) is 27.0 Å². The summed E-state index contributed by atoms with van der Waals surface area (Å²) in [4.78, 5) is 41.6. The zero-order valence-electron chi connectivity index (χ0n) is 20.9. The van der Waals surface area contributed by atoms with Gasteiger partial charge in [0, 0.05) is 49.4 Å². The second-order valence-electron chi connectivity index (χ2n) is 8.98. The number of urea groups is 1. The lowest BCUT2D eigenvalue weighted by Gasteiger charge is -2.34. The molecule has 192 valence electrons. The van der Waals surface area contributed by atoms with E-state index in [-0.39, 0.29) is 18.9 Å². The number of amides is 4. The van der Waals surface area contributed by atoms with Crippen molar-refractivity contribution in [1.29, 1.82) is 5.41 Å². The van der Waals surface area contributed by atoms with Crippen LogP contribution in [0.5, 0.6) is 5.75 Å². The maximum atomic E-state index is 12.9. The molecule has 0 aliphatic carbocycles. The zero-order valence-corrected chi connectivity index (χ0v) is 20.9. The van der Waals surface area contributed by atoms with Crippen molar-refractivity contribution in [3.8, 4) is 17.6 Å². The number of likely N-dealkylation sites (N-methyl/N-ethyl adjacent to an activating group) is 1. The molecule has 0 bridgehead atoms. The van der Waals surface area contributed by atoms with E-state index in [4.69, 9.17) is 10.1 Å². The van der Waals surface area contributed by atoms with Crippen molar-refractivity contribution in [3.63, 3.8) is 0 Å². The van der Waals surface area contributed by atoms with Crippen molar-refractivity contribution in [1.82, 2.24) is 25.3 Å². The number of hydrogen-bond acceptors (Lipinski definition) is 6. The summed E-state index contributed by atoms with van der Waals surface area (Å²) in [6.45, 7) is 4.02. The van der Waals surface area contributed by atoms with Crippen molar-refractivity contribution in [2.45, 2.75) is 12.6 Å². The van der Waals surface area contributed by atoms with Gasteiger partial charge in [-0.3, -0.25) is 20.3 Å². The fraction of sp³-hybridized carbons (Fsp3) is 0.333. The fourth-order valence-corrected chi connectivity index (χ4v) is 4.31. The van der Waals surface area contributed by atoms with E-state index in [0.717, 1.165) is 37.3 Å². The van der Waals surface area contributed by atoms with Crippen LogP contribution in [0.2, 0.25) is 0 Å². The van der Waals surface area contributed by atoms with Crippen molar-refractivity contribution in [2.75, 3.05) is 46.9 Å². The predicted molar refractivity (Wildman–Crippen MR) is 138 cm³/mol. The number of amidine groups is 1. The van der Waals surface area contributed by atoms with Gasteiger partial charge < -0.3 is 24.8 Å². The molecule has 10 nitrogen and oxygen atoms in total. The van der Waals surface area contributed by atoms with Crippen LogP contribution in [0, 0.1) is 17.3 Å². The molecule has 2 aromatic rings. The molecule has 0 unspecified atom stereocenters. The maximum Gasteiger partial charge on any atom is 0.322 e. The molecule has 37 heavy (non-hydrogen) atoms. The van der Waals surface area contributed by atoms with Gasteiger partial charge in [0.1, 0.15) is 17.6 Å². The second-order valence-corrected chi connectivity index (χ2v) is 8.98. The van der Waals surface area contributed by atoms with Gasteiger partial charge in [-0.25, -0.2) is 4.79 Å². The Labute approximate surface area is 216 Å². The van der Waals surface area contributed by atoms with E-state index in [0.29, 0.717) is 29.3 Å².